The topological polar surface area (TPSA) is 54.6 Å². The predicted molar refractivity (Wildman–Crippen MR) is 120 cm³/mol. The van der Waals surface area contributed by atoms with Crippen LogP contribution in [0.25, 0.3) is 10.9 Å². The van der Waals surface area contributed by atoms with Gasteiger partial charge in [0.05, 0.1) is 12.6 Å². The van der Waals surface area contributed by atoms with E-state index in [4.69, 9.17) is 17.0 Å². The first-order chi connectivity index (χ1) is 14.1. The van der Waals surface area contributed by atoms with E-state index in [0.717, 1.165) is 42.5 Å². The smallest absolute Gasteiger partial charge is 0.343 e. The molecule has 1 aromatic carbocycles. The minimum Gasteiger partial charge on any atom is -0.482 e. The second-order valence-electron chi connectivity index (χ2n) is 6.93. The van der Waals surface area contributed by atoms with Crippen molar-refractivity contribution in [3.8, 4) is 5.75 Å². The number of aromatic amines is 1. The van der Waals surface area contributed by atoms with Crippen molar-refractivity contribution in [1.29, 1.82) is 0 Å². The van der Waals surface area contributed by atoms with Crippen LogP contribution in [-0.4, -0.2) is 48.2 Å². The Balaban J connectivity index is 1.71. The largest absolute Gasteiger partial charge is 0.482 e. The third-order valence-electron chi connectivity index (χ3n) is 4.91. The van der Waals surface area contributed by atoms with Gasteiger partial charge >= 0.3 is 5.97 Å². The van der Waals surface area contributed by atoms with Crippen LogP contribution in [-0.2, 0) is 16.0 Å². The Morgan fingerprint density at radius 1 is 1.34 bits per heavy atom. The van der Waals surface area contributed by atoms with Crippen molar-refractivity contribution in [3.63, 3.8) is 0 Å². The molecule has 152 valence electrons. The Morgan fingerprint density at radius 2 is 2.21 bits per heavy atom. The van der Waals surface area contributed by atoms with Crippen LogP contribution in [0.5, 0.6) is 5.75 Å². The summed E-state index contributed by atoms with van der Waals surface area (Å²) in [7, 11) is 1.35. The summed E-state index contributed by atoms with van der Waals surface area (Å²) in [5.41, 5.74) is 6.39. The molecule has 0 bridgehead atoms. The molecule has 1 aliphatic rings. The molecule has 1 heterocycles. The number of hydrogen-bond acceptors (Lipinski definition) is 4. The summed E-state index contributed by atoms with van der Waals surface area (Å²) in [6.45, 7) is 3.59. The van der Waals surface area contributed by atoms with Crippen molar-refractivity contribution >= 4 is 34.6 Å². The molecule has 6 heteroatoms. The maximum atomic E-state index is 11.3. The lowest BCUT2D eigenvalue weighted by atomic mass is 10.1. The molecule has 0 aliphatic heterocycles. The Labute approximate surface area is 176 Å². The van der Waals surface area contributed by atoms with Gasteiger partial charge in [-0.1, -0.05) is 42.6 Å². The zero-order valence-electron chi connectivity index (χ0n) is 16.8. The van der Waals surface area contributed by atoms with Gasteiger partial charge in [-0.25, -0.2) is 4.79 Å². The minimum atomic E-state index is -0.399. The van der Waals surface area contributed by atoms with Crippen LogP contribution in [0.1, 0.15) is 17.7 Å². The first-order valence-electron chi connectivity index (χ1n) is 9.63. The zero-order chi connectivity index (χ0) is 20.6. The number of rotatable bonds is 9. The Hall–Kier alpha value is -2.86. The van der Waals surface area contributed by atoms with E-state index in [9.17, 15) is 4.79 Å². The summed E-state index contributed by atoms with van der Waals surface area (Å²) in [5.74, 6) is 0.249. The second-order valence-corrected chi connectivity index (χ2v) is 7.15. The fourth-order valence-corrected chi connectivity index (χ4v) is 3.54. The number of carbonyl (C=O) groups is 1. The maximum Gasteiger partial charge on any atom is 0.343 e. The van der Waals surface area contributed by atoms with Crippen LogP contribution < -0.4 is 4.74 Å². The van der Waals surface area contributed by atoms with Gasteiger partial charge in [-0.3, -0.25) is 0 Å². The summed E-state index contributed by atoms with van der Waals surface area (Å²) < 4.78 is 10.2. The van der Waals surface area contributed by atoms with Crippen LogP contribution >= 0.6 is 12.2 Å². The van der Waals surface area contributed by atoms with Crippen LogP contribution in [0.2, 0.25) is 0 Å². The molecule has 0 unspecified atom stereocenters. The van der Waals surface area contributed by atoms with Crippen molar-refractivity contribution in [3.05, 3.63) is 65.4 Å². The Kier molecular flexibility index (Phi) is 7.25. The average molecular weight is 411 g/mol. The van der Waals surface area contributed by atoms with E-state index in [1.807, 2.05) is 18.2 Å². The fourth-order valence-electron chi connectivity index (χ4n) is 3.36. The third-order valence-corrected chi connectivity index (χ3v) is 5.21. The van der Waals surface area contributed by atoms with Gasteiger partial charge in [0.25, 0.3) is 0 Å². The number of carbonyl (C=O) groups excluding carboxylic acids is 1. The number of thiocarbonyl (C=S) groups is 1. The van der Waals surface area contributed by atoms with E-state index in [1.165, 1.54) is 18.2 Å². The van der Waals surface area contributed by atoms with E-state index in [-0.39, 0.29) is 6.61 Å². The first kappa shape index (κ1) is 20.9. The van der Waals surface area contributed by atoms with Gasteiger partial charge in [0.2, 0.25) is 0 Å². The maximum absolute atomic E-state index is 11.3. The van der Waals surface area contributed by atoms with Gasteiger partial charge in [-0.2, -0.15) is 0 Å². The Morgan fingerprint density at radius 3 is 3.00 bits per heavy atom. The number of ether oxygens (including phenoxy) is 2. The summed E-state index contributed by atoms with van der Waals surface area (Å²) in [5, 5.41) is 1.10. The SMILES string of the molecule is COC(=O)COc1ccc2[nH]c(C)c(CCN(C=S)CC3=CC=CCC=C3)c2c1. The standard InChI is InChI=1S/C23H26N2O3S/c1-17-20(11-12-25(16-29)14-18-7-5-3-4-6-8-18)21-13-19(9-10-22(21)24-17)28-15-23(26)27-2/h3,5-10,13,16,24H,4,11-12,14-15H2,1-2H3. The predicted octanol–water partition coefficient (Wildman–Crippen LogP) is 4.27. The van der Waals surface area contributed by atoms with E-state index in [0.29, 0.717) is 5.75 Å². The lowest BCUT2D eigenvalue weighted by molar-refractivity contribution is -0.142. The zero-order valence-corrected chi connectivity index (χ0v) is 17.6. The average Bonchev–Trinajstić information content (AvgIpc) is 2.88. The monoisotopic (exact) mass is 410 g/mol. The summed E-state index contributed by atoms with van der Waals surface area (Å²) in [6, 6.07) is 5.80. The number of nitrogens with zero attached hydrogens (tertiary/aromatic N) is 1. The highest BCUT2D eigenvalue weighted by molar-refractivity contribution is 7.78. The van der Waals surface area contributed by atoms with Gasteiger partial charge < -0.3 is 19.4 Å². The van der Waals surface area contributed by atoms with Gasteiger partial charge in [0.1, 0.15) is 5.75 Å². The van der Waals surface area contributed by atoms with Gasteiger partial charge in [0.15, 0.2) is 6.61 Å². The molecular formula is C23H26N2O3S. The van der Waals surface area contributed by atoms with Crippen molar-refractivity contribution in [2.75, 3.05) is 26.8 Å². The molecular weight excluding hydrogens is 384 g/mol. The highest BCUT2D eigenvalue weighted by Crippen LogP contribution is 2.27. The lowest BCUT2D eigenvalue weighted by Gasteiger charge is -2.19. The molecule has 0 amide bonds. The Bertz CT molecular complexity index is 972. The number of H-pyrrole nitrogens is 1. The molecule has 5 nitrogen and oxygen atoms in total. The summed E-state index contributed by atoms with van der Waals surface area (Å²) >= 11 is 5.25. The normalized spacial score (nSPS) is 13.1. The molecule has 1 aromatic heterocycles. The fraction of sp³-hybridized carbons (Fsp3) is 0.304. The summed E-state index contributed by atoms with van der Waals surface area (Å²) in [4.78, 5) is 16.9. The van der Waals surface area contributed by atoms with Gasteiger partial charge in [-0.15, -0.1) is 0 Å². The minimum absolute atomic E-state index is 0.101. The van der Waals surface area contributed by atoms with Crippen LogP contribution in [0.4, 0.5) is 0 Å². The van der Waals surface area contributed by atoms with E-state index in [1.54, 1.807) is 5.49 Å². The number of methoxy groups -OCH3 is 1. The molecule has 0 atom stereocenters. The van der Waals surface area contributed by atoms with E-state index >= 15 is 0 Å². The third kappa shape index (κ3) is 5.57. The van der Waals surface area contributed by atoms with E-state index in [2.05, 4.69) is 51.9 Å². The molecule has 1 aliphatic carbocycles. The van der Waals surface area contributed by atoms with Crippen molar-refractivity contribution in [1.82, 2.24) is 9.88 Å². The number of esters is 1. The molecule has 2 aromatic rings. The molecule has 0 spiro atoms. The molecule has 0 saturated carbocycles. The van der Waals surface area contributed by atoms with Gasteiger partial charge in [0, 0.05) is 29.7 Å². The highest BCUT2D eigenvalue weighted by Gasteiger charge is 2.12. The molecule has 0 saturated heterocycles. The number of benzene rings is 1. The molecule has 29 heavy (non-hydrogen) atoms. The van der Waals surface area contributed by atoms with E-state index < -0.39 is 5.97 Å². The van der Waals surface area contributed by atoms with Crippen LogP contribution in [0.15, 0.2) is 54.2 Å². The highest BCUT2D eigenvalue weighted by atomic mass is 32.1. The number of allylic oxidation sites excluding steroid dienone is 4. The van der Waals surface area contributed by atoms with Crippen molar-refractivity contribution in [2.45, 2.75) is 19.8 Å². The summed E-state index contributed by atoms with van der Waals surface area (Å²) in [6.07, 6.45) is 12.5. The number of nitrogens with one attached hydrogen (secondary N) is 1. The molecule has 0 radical (unpaired) electrons. The number of hydrogen-bond donors (Lipinski definition) is 1. The van der Waals surface area contributed by atoms with Crippen LogP contribution in [0, 0.1) is 6.92 Å². The van der Waals surface area contributed by atoms with Crippen molar-refractivity contribution in [2.24, 2.45) is 0 Å². The molecule has 1 N–H and O–H groups in total. The van der Waals surface area contributed by atoms with Crippen LogP contribution in [0.3, 0.4) is 0 Å². The van der Waals surface area contributed by atoms with Crippen molar-refractivity contribution < 1.29 is 14.3 Å². The van der Waals surface area contributed by atoms with Gasteiger partial charge in [-0.05, 0) is 49.1 Å². The quantitative estimate of drug-likeness (QED) is 0.494. The number of aromatic nitrogens is 1. The molecule has 3 rings (SSSR count). The molecule has 0 fully saturated rings. The number of aryl methyl sites for hydroxylation is 1. The lowest BCUT2D eigenvalue weighted by Crippen LogP contribution is -2.25. The second kappa shape index (κ2) is 10.1. The first-order valence-corrected chi connectivity index (χ1v) is 10.1. The number of fused-ring (bicyclic) bond motifs is 1.